The summed E-state index contributed by atoms with van der Waals surface area (Å²) in [4.78, 5) is 20.9. The average Bonchev–Trinajstić information content (AvgIpc) is 2.27. The first-order valence-electron chi connectivity index (χ1n) is 6.29. The first-order chi connectivity index (χ1) is 8.54. The van der Waals surface area contributed by atoms with Crippen molar-refractivity contribution in [1.29, 1.82) is 0 Å². The molecule has 0 heterocycles. The van der Waals surface area contributed by atoms with Crippen molar-refractivity contribution in [2.45, 2.75) is 64.7 Å². The first-order valence-corrected chi connectivity index (χ1v) is 7.36. The Morgan fingerprint density at radius 1 is 1.05 bits per heavy atom. The third-order valence-electron chi connectivity index (χ3n) is 2.37. The van der Waals surface area contributed by atoms with Crippen LogP contribution in [-0.4, -0.2) is 54.9 Å². The van der Waals surface area contributed by atoms with E-state index < -0.39 is 11.4 Å². The number of Topliss-reactive ketones (excluding diaryl/α,β-unsaturated/α-hetero) is 1. The summed E-state index contributed by atoms with van der Waals surface area (Å²) in [5.41, 5.74) is 0. The maximum absolute atomic E-state index is 10.9. The van der Waals surface area contributed by atoms with Gasteiger partial charge in [-0.15, -0.1) is 0 Å². The summed E-state index contributed by atoms with van der Waals surface area (Å²) in [6.07, 6.45) is 9.92. The molecule has 0 unspecified atom stereocenters. The van der Waals surface area contributed by atoms with E-state index in [-0.39, 0.29) is 41.8 Å². The van der Waals surface area contributed by atoms with E-state index in [1.165, 1.54) is 32.1 Å². The molecule has 7 heteroatoms. The molecule has 0 amide bonds. The number of rotatable bonds is 10. The van der Waals surface area contributed by atoms with Crippen molar-refractivity contribution in [1.82, 2.24) is 0 Å². The van der Waals surface area contributed by atoms with E-state index in [0.717, 1.165) is 12.8 Å². The van der Waals surface area contributed by atoms with Gasteiger partial charge >= 0.3 is 29.6 Å². The predicted octanol–water partition coefficient (Wildman–Crippen LogP) is 2.32. The molecule has 0 aromatic heterocycles. The topological polar surface area (TPSA) is 91.7 Å². The normalized spacial score (nSPS) is 9.26. The van der Waals surface area contributed by atoms with Gasteiger partial charge in [-0.2, -0.15) is 4.21 Å². The Hall–Kier alpha value is 0.410. The molecule has 110 valence electrons. The zero-order valence-corrected chi connectivity index (χ0v) is 11.8. The van der Waals surface area contributed by atoms with E-state index in [1.807, 2.05) is 0 Å². The molecule has 0 aromatic carbocycles. The second-order valence-electron chi connectivity index (χ2n) is 4.01. The number of unbranched alkanes of at least 4 members (excludes halogenated alkanes) is 6. The molecule has 0 aromatic rings. The van der Waals surface area contributed by atoms with Crippen LogP contribution in [0.4, 0.5) is 0 Å². The molecule has 0 aliphatic heterocycles. The Morgan fingerprint density at radius 2 is 1.47 bits per heavy atom. The van der Waals surface area contributed by atoms with E-state index in [9.17, 15) is 9.59 Å². The Kier molecular flexibility index (Phi) is 26.6. The van der Waals surface area contributed by atoms with Crippen molar-refractivity contribution in [3.05, 3.63) is 0 Å². The molecule has 5 nitrogen and oxygen atoms in total. The molecule has 0 rings (SSSR count). The van der Waals surface area contributed by atoms with Crippen LogP contribution in [0.15, 0.2) is 0 Å². The Labute approximate surface area is 140 Å². The number of ketones is 1. The van der Waals surface area contributed by atoms with Gasteiger partial charge in [-0.25, -0.2) is 0 Å². The minimum atomic E-state index is -2.61. The van der Waals surface area contributed by atoms with Crippen LogP contribution < -0.4 is 0 Å². The number of carbonyl (C=O) groups is 2. The average molecular weight is 304 g/mol. The predicted molar refractivity (Wildman–Crippen MR) is 78.8 cm³/mol. The van der Waals surface area contributed by atoms with Crippen LogP contribution in [0.2, 0.25) is 0 Å². The van der Waals surface area contributed by atoms with Crippen LogP contribution in [-0.2, 0) is 21.0 Å². The monoisotopic (exact) mass is 304 g/mol. The Morgan fingerprint density at radius 3 is 1.89 bits per heavy atom. The van der Waals surface area contributed by atoms with Crippen LogP contribution >= 0.6 is 0 Å². The van der Waals surface area contributed by atoms with Gasteiger partial charge in [0.2, 0.25) is 0 Å². The molecular weight excluding hydrogens is 279 g/mol. The fraction of sp³-hybridized carbons (Fsp3) is 0.833. The fourth-order valence-corrected chi connectivity index (χ4v) is 1.47. The summed E-state index contributed by atoms with van der Waals surface area (Å²) in [6, 6.07) is 0. The molecule has 0 bridgehead atoms. The SMILES string of the molecule is CCCCCCCCCC(=O)CC=O.O=S(O)O.[NaH]. The fourth-order valence-electron chi connectivity index (χ4n) is 1.47. The summed E-state index contributed by atoms with van der Waals surface area (Å²) in [5.74, 6) is 0.0913. The van der Waals surface area contributed by atoms with Gasteiger partial charge in [-0.05, 0) is 6.42 Å². The Balaban J connectivity index is -0.000000448. The van der Waals surface area contributed by atoms with Crippen molar-refractivity contribution < 1.29 is 22.9 Å². The molecule has 0 aliphatic carbocycles. The van der Waals surface area contributed by atoms with E-state index in [1.54, 1.807) is 0 Å². The summed E-state index contributed by atoms with van der Waals surface area (Å²) in [5, 5.41) is 0. The van der Waals surface area contributed by atoms with E-state index >= 15 is 0 Å². The van der Waals surface area contributed by atoms with Crippen LogP contribution in [0.3, 0.4) is 0 Å². The number of hydrogen-bond donors (Lipinski definition) is 2. The number of hydrogen-bond acceptors (Lipinski definition) is 3. The van der Waals surface area contributed by atoms with Crippen LogP contribution in [0.25, 0.3) is 0 Å². The van der Waals surface area contributed by atoms with E-state index in [4.69, 9.17) is 13.3 Å². The summed E-state index contributed by atoms with van der Waals surface area (Å²) in [6.45, 7) is 2.21. The second kappa shape index (κ2) is 20.7. The van der Waals surface area contributed by atoms with E-state index in [2.05, 4.69) is 6.92 Å². The van der Waals surface area contributed by atoms with Gasteiger partial charge in [-0.1, -0.05) is 45.4 Å². The molecule has 0 aliphatic rings. The Bertz CT molecular complexity index is 232. The van der Waals surface area contributed by atoms with Gasteiger partial charge in [0.1, 0.15) is 12.1 Å². The molecule has 0 spiro atoms. The standard InChI is InChI=1S/C12H22O2.Na.H2O3S.H/c1-2-3-4-5-6-7-8-9-12(14)10-11-13;;1-4(2)3;/h11H,2-10H2,1H3;;(H2,1,2,3);. The third kappa shape index (κ3) is 32.2. The number of aldehydes is 1. The van der Waals surface area contributed by atoms with Gasteiger partial charge < -0.3 is 4.79 Å². The first kappa shape index (κ1) is 24.4. The second-order valence-corrected chi connectivity index (χ2v) is 4.47. The van der Waals surface area contributed by atoms with Crippen molar-refractivity contribution in [3.8, 4) is 0 Å². The van der Waals surface area contributed by atoms with Gasteiger partial charge in [0.15, 0.2) is 0 Å². The van der Waals surface area contributed by atoms with Gasteiger partial charge in [-0.3, -0.25) is 13.9 Å². The third-order valence-corrected chi connectivity index (χ3v) is 2.37. The zero-order valence-electron chi connectivity index (χ0n) is 11.0. The van der Waals surface area contributed by atoms with Crippen LogP contribution in [0.5, 0.6) is 0 Å². The van der Waals surface area contributed by atoms with Crippen molar-refractivity contribution >= 4 is 53.0 Å². The van der Waals surface area contributed by atoms with Crippen LogP contribution in [0.1, 0.15) is 64.7 Å². The molecule has 0 saturated carbocycles. The molecule has 19 heavy (non-hydrogen) atoms. The summed E-state index contributed by atoms with van der Waals surface area (Å²) >= 11 is -2.61. The number of carbonyl (C=O) groups excluding carboxylic acids is 2. The maximum atomic E-state index is 10.9. The zero-order chi connectivity index (χ0) is 14.2. The molecule has 2 N–H and O–H groups in total. The summed E-state index contributed by atoms with van der Waals surface area (Å²) in [7, 11) is 0. The quantitative estimate of drug-likeness (QED) is 0.212. The van der Waals surface area contributed by atoms with Crippen molar-refractivity contribution in [2.24, 2.45) is 0 Å². The molecule has 0 radical (unpaired) electrons. The molecule has 0 saturated heterocycles. The molecule has 0 fully saturated rings. The van der Waals surface area contributed by atoms with Crippen molar-refractivity contribution in [3.63, 3.8) is 0 Å². The molecule has 0 atom stereocenters. The van der Waals surface area contributed by atoms with Gasteiger partial charge in [0.25, 0.3) is 11.4 Å². The van der Waals surface area contributed by atoms with Crippen LogP contribution in [0, 0.1) is 0 Å². The van der Waals surface area contributed by atoms with Gasteiger partial charge in [0, 0.05) is 6.42 Å². The van der Waals surface area contributed by atoms with E-state index in [0.29, 0.717) is 12.7 Å². The molecular formula is C12H25NaO5S. The minimum absolute atomic E-state index is 0. The van der Waals surface area contributed by atoms with Crippen molar-refractivity contribution in [2.75, 3.05) is 0 Å². The summed E-state index contributed by atoms with van der Waals surface area (Å²) < 4.78 is 22.8. The van der Waals surface area contributed by atoms with Gasteiger partial charge in [0.05, 0.1) is 6.42 Å².